The van der Waals surface area contributed by atoms with Gasteiger partial charge in [-0.05, 0) is 13.3 Å². The molecule has 50 valence electrons. The Morgan fingerprint density at radius 1 is 1.12 bits per heavy atom. The van der Waals surface area contributed by atoms with Crippen molar-refractivity contribution in [2.75, 3.05) is 0 Å². The smallest absolute Gasteiger partial charge is 0.238 e. The lowest BCUT2D eigenvalue weighted by Gasteiger charge is -1.98. The molecule has 0 spiro atoms. The molecule has 3 heteroatoms. The van der Waals surface area contributed by atoms with Crippen molar-refractivity contribution in [3.05, 3.63) is 0 Å². The standard InChI is InChI=1S/C5H9F3/c1-4(6)2-3-5(7)8/h4-5H,2-3H2,1H3. The maximum absolute atomic E-state index is 11.7. The molecule has 0 heterocycles. The lowest BCUT2D eigenvalue weighted by molar-refractivity contribution is 0.123. The summed E-state index contributed by atoms with van der Waals surface area (Å²) in [4.78, 5) is 0. The second kappa shape index (κ2) is 3.75. The Bertz CT molecular complexity index is 43.6. The quantitative estimate of drug-likeness (QED) is 0.544. The SMILES string of the molecule is CC(F)CCC(F)F. The summed E-state index contributed by atoms with van der Waals surface area (Å²) in [6, 6.07) is 0. The zero-order chi connectivity index (χ0) is 6.57. The largest absolute Gasteiger partial charge is 0.248 e. The highest BCUT2D eigenvalue weighted by Crippen LogP contribution is 2.07. The van der Waals surface area contributed by atoms with E-state index in [1.165, 1.54) is 6.92 Å². The zero-order valence-corrected chi connectivity index (χ0v) is 4.70. The van der Waals surface area contributed by atoms with E-state index in [0.29, 0.717) is 0 Å². The summed E-state index contributed by atoms with van der Waals surface area (Å²) in [5, 5.41) is 0. The third-order valence-corrected chi connectivity index (χ3v) is 0.783. The van der Waals surface area contributed by atoms with Crippen LogP contribution in [0, 0.1) is 0 Å². The highest BCUT2D eigenvalue weighted by molar-refractivity contribution is 4.48. The fraction of sp³-hybridized carbons (Fsp3) is 1.00. The highest BCUT2D eigenvalue weighted by Gasteiger charge is 2.04. The van der Waals surface area contributed by atoms with E-state index in [-0.39, 0.29) is 12.8 Å². The van der Waals surface area contributed by atoms with Crippen molar-refractivity contribution in [1.82, 2.24) is 0 Å². The van der Waals surface area contributed by atoms with Crippen LogP contribution in [0.5, 0.6) is 0 Å². The summed E-state index contributed by atoms with van der Waals surface area (Å²) in [7, 11) is 0. The van der Waals surface area contributed by atoms with Crippen LogP contribution in [-0.2, 0) is 0 Å². The average Bonchev–Trinajstić information content (AvgIpc) is 1.61. The lowest BCUT2D eigenvalue weighted by atomic mass is 10.2. The van der Waals surface area contributed by atoms with Crippen molar-refractivity contribution >= 4 is 0 Å². The van der Waals surface area contributed by atoms with Gasteiger partial charge in [0.1, 0.15) is 0 Å². The van der Waals surface area contributed by atoms with Gasteiger partial charge in [-0.1, -0.05) is 0 Å². The molecule has 0 nitrogen and oxygen atoms in total. The van der Waals surface area contributed by atoms with Crippen molar-refractivity contribution in [2.45, 2.75) is 32.4 Å². The summed E-state index contributed by atoms with van der Waals surface area (Å²) in [6.45, 7) is 1.28. The van der Waals surface area contributed by atoms with E-state index < -0.39 is 12.6 Å². The van der Waals surface area contributed by atoms with Crippen LogP contribution in [0.2, 0.25) is 0 Å². The maximum Gasteiger partial charge on any atom is 0.238 e. The van der Waals surface area contributed by atoms with Gasteiger partial charge in [-0.2, -0.15) is 0 Å². The minimum absolute atomic E-state index is 0.0301. The fourth-order valence-electron chi connectivity index (χ4n) is 0.356. The van der Waals surface area contributed by atoms with Crippen molar-refractivity contribution in [3.63, 3.8) is 0 Å². The van der Waals surface area contributed by atoms with E-state index in [1.54, 1.807) is 0 Å². The minimum Gasteiger partial charge on any atom is -0.248 e. The van der Waals surface area contributed by atoms with Gasteiger partial charge >= 0.3 is 0 Å². The zero-order valence-electron chi connectivity index (χ0n) is 4.70. The van der Waals surface area contributed by atoms with Gasteiger partial charge < -0.3 is 0 Å². The Kier molecular flexibility index (Phi) is 3.65. The fourth-order valence-corrected chi connectivity index (χ4v) is 0.356. The predicted octanol–water partition coefficient (Wildman–Crippen LogP) is 2.39. The third kappa shape index (κ3) is 5.79. The number of halogens is 3. The molecule has 0 aliphatic carbocycles. The minimum atomic E-state index is -2.35. The molecule has 8 heavy (non-hydrogen) atoms. The molecular weight excluding hydrogens is 117 g/mol. The molecule has 0 radical (unpaired) electrons. The van der Waals surface area contributed by atoms with E-state index >= 15 is 0 Å². The molecule has 0 amide bonds. The van der Waals surface area contributed by atoms with E-state index in [1.807, 2.05) is 0 Å². The van der Waals surface area contributed by atoms with Crippen LogP contribution in [0.25, 0.3) is 0 Å². The topological polar surface area (TPSA) is 0 Å². The summed E-state index contributed by atoms with van der Waals surface area (Å²) in [5.74, 6) is 0. The van der Waals surface area contributed by atoms with Gasteiger partial charge in [0, 0.05) is 6.42 Å². The van der Waals surface area contributed by atoms with Crippen LogP contribution in [0.4, 0.5) is 13.2 Å². The first-order valence-electron chi connectivity index (χ1n) is 2.55. The molecule has 0 bridgehead atoms. The summed E-state index contributed by atoms with van der Waals surface area (Å²) >= 11 is 0. The molecule has 1 unspecified atom stereocenters. The van der Waals surface area contributed by atoms with Crippen LogP contribution in [0.15, 0.2) is 0 Å². The second-order valence-electron chi connectivity index (χ2n) is 1.75. The van der Waals surface area contributed by atoms with Crippen LogP contribution in [0.1, 0.15) is 19.8 Å². The Morgan fingerprint density at radius 2 is 1.62 bits per heavy atom. The molecule has 0 N–H and O–H groups in total. The molecule has 0 aromatic carbocycles. The molecule has 0 saturated heterocycles. The normalized spacial score (nSPS) is 14.6. The molecule has 0 aliphatic heterocycles. The van der Waals surface area contributed by atoms with Gasteiger partial charge in [-0.3, -0.25) is 0 Å². The van der Waals surface area contributed by atoms with Gasteiger partial charge in [0.25, 0.3) is 0 Å². The van der Waals surface area contributed by atoms with Crippen LogP contribution >= 0.6 is 0 Å². The summed E-state index contributed by atoms with van der Waals surface area (Å²) < 4.78 is 34.2. The van der Waals surface area contributed by atoms with E-state index in [0.717, 1.165) is 0 Å². The molecular formula is C5H9F3. The molecule has 0 saturated carbocycles. The summed E-state index contributed by atoms with van der Waals surface area (Å²) in [5.41, 5.74) is 0. The molecule has 0 aliphatic rings. The number of hydrogen-bond donors (Lipinski definition) is 0. The monoisotopic (exact) mass is 126 g/mol. The number of hydrogen-bond acceptors (Lipinski definition) is 0. The van der Waals surface area contributed by atoms with Crippen molar-refractivity contribution in [1.29, 1.82) is 0 Å². The average molecular weight is 126 g/mol. The Hall–Kier alpha value is -0.210. The first-order chi connectivity index (χ1) is 3.63. The number of alkyl halides is 3. The van der Waals surface area contributed by atoms with E-state index in [9.17, 15) is 13.2 Å². The lowest BCUT2D eigenvalue weighted by Crippen LogP contribution is -1.97. The molecule has 0 aromatic heterocycles. The molecule has 0 rings (SSSR count). The number of rotatable bonds is 3. The van der Waals surface area contributed by atoms with Gasteiger partial charge in [0.2, 0.25) is 6.43 Å². The summed E-state index contributed by atoms with van der Waals surface area (Å²) in [6.07, 6.45) is -3.80. The van der Waals surface area contributed by atoms with Crippen LogP contribution < -0.4 is 0 Å². The van der Waals surface area contributed by atoms with Crippen LogP contribution in [-0.4, -0.2) is 12.6 Å². The first-order valence-corrected chi connectivity index (χ1v) is 2.55. The molecule has 0 aromatic rings. The van der Waals surface area contributed by atoms with Gasteiger partial charge in [-0.25, -0.2) is 13.2 Å². The Labute approximate surface area is 46.7 Å². The van der Waals surface area contributed by atoms with Crippen LogP contribution in [0.3, 0.4) is 0 Å². The van der Waals surface area contributed by atoms with Crippen molar-refractivity contribution in [2.24, 2.45) is 0 Å². The van der Waals surface area contributed by atoms with Crippen molar-refractivity contribution in [3.8, 4) is 0 Å². The Balaban J connectivity index is 2.93. The highest BCUT2D eigenvalue weighted by atomic mass is 19.3. The molecule has 1 atom stereocenters. The van der Waals surface area contributed by atoms with Gasteiger partial charge in [0.15, 0.2) is 0 Å². The molecule has 0 fully saturated rings. The second-order valence-corrected chi connectivity index (χ2v) is 1.75. The Morgan fingerprint density at radius 3 is 1.75 bits per heavy atom. The van der Waals surface area contributed by atoms with E-state index in [2.05, 4.69) is 0 Å². The maximum atomic E-state index is 11.7. The van der Waals surface area contributed by atoms with E-state index in [4.69, 9.17) is 0 Å². The third-order valence-electron chi connectivity index (χ3n) is 0.783. The van der Waals surface area contributed by atoms with Gasteiger partial charge in [0.05, 0.1) is 6.17 Å². The van der Waals surface area contributed by atoms with Gasteiger partial charge in [-0.15, -0.1) is 0 Å². The first kappa shape index (κ1) is 7.79. The van der Waals surface area contributed by atoms with Crippen molar-refractivity contribution < 1.29 is 13.2 Å². The predicted molar refractivity (Wildman–Crippen MR) is 25.8 cm³/mol.